The van der Waals surface area contributed by atoms with Crippen molar-refractivity contribution < 1.29 is 18.0 Å². The molecular formula is C9H15F3N2O. The summed E-state index contributed by atoms with van der Waals surface area (Å²) in [7, 11) is 0. The highest BCUT2D eigenvalue weighted by molar-refractivity contribution is 5.77. The van der Waals surface area contributed by atoms with E-state index in [-0.39, 0.29) is 6.04 Å². The summed E-state index contributed by atoms with van der Waals surface area (Å²) in [4.78, 5) is 12.6. The first kappa shape index (κ1) is 12.3. The van der Waals surface area contributed by atoms with Crippen LogP contribution in [-0.2, 0) is 4.79 Å². The van der Waals surface area contributed by atoms with E-state index < -0.39 is 18.5 Å². The molecule has 3 nitrogen and oxygen atoms in total. The highest BCUT2D eigenvalue weighted by atomic mass is 19.4. The van der Waals surface area contributed by atoms with Gasteiger partial charge in [-0.3, -0.25) is 4.79 Å². The van der Waals surface area contributed by atoms with Crippen LogP contribution in [-0.4, -0.2) is 36.1 Å². The van der Waals surface area contributed by atoms with Crippen molar-refractivity contribution in [2.24, 2.45) is 5.73 Å². The summed E-state index contributed by atoms with van der Waals surface area (Å²) in [5.74, 6) is -0.821. The third kappa shape index (κ3) is 4.51. The zero-order valence-electron chi connectivity index (χ0n) is 8.39. The fourth-order valence-corrected chi connectivity index (χ4v) is 1.43. The number of rotatable bonds is 5. The smallest absolute Gasteiger partial charge is 0.339 e. The Balaban J connectivity index is 2.44. The first-order valence-electron chi connectivity index (χ1n) is 5.00. The van der Waals surface area contributed by atoms with E-state index in [0.717, 1.165) is 12.8 Å². The number of carbonyl (C=O) groups is 1. The topological polar surface area (TPSA) is 46.3 Å². The zero-order valence-corrected chi connectivity index (χ0v) is 8.39. The van der Waals surface area contributed by atoms with E-state index in [2.05, 4.69) is 0 Å². The molecule has 6 heteroatoms. The normalized spacial score (nSPS) is 16.5. The van der Waals surface area contributed by atoms with Gasteiger partial charge >= 0.3 is 6.18 Å². The van der Waals surface area contributed by atoms with E-state index in [9.17, 15) is 18.0 Å². The van der Waals surface area contributed by atoms with Gasteiger partial charge in [0.05, 0.1) is 0 Å². The van der Waals surface area contributed by atoms with Crippen molar-refractivity contribution in [1.29, 1.82) is 0 Å². The number of nitrogens with two attached hydrogens (primary N) is 1. The number of nitrogens with zero attached hydrogens (tertiary/aromatic N) is 1. The quantitative estimate of drug-likeness (QED) is 0.764. The van der Waals surface area contributed by atoms with Gasteiger partial charge in [0.25, 0.3) is 0 Å². The van der Waals surface area contributed by atoms with Crippen molar-refractivity contribution in [1.82, 2.24) is 4.90 Å². The molecule has 2 N–H and O–H groups in total. The Labute approximate surface area is 86.4 Å². The molecule has 0 aromatic heterocycles. The van der Waals surface area contributed by atoms with Crippen molar-refractivity contribution in [3.8, 4) is 0 Å². The second kappa shape index (κ2) is 4.83. The fraction of sp³-hybridized carbons (Fsp3) is 0.889. The number of amides is 1. The molecule has 0 spiro atoms. The zero-order chi connectivity index (χ0) is 11.5. The molecule has 1 aliphatic carbocycles. The molecule has 0 aromatic carbocycles. The SMILES string of the molecule is NCCCN(C(=O)CC(F)(F)F)C1CC1. The predicted octanol–water partition coefficient (Wildman–Crippen LogP) is 1.28. The fourth-order valence-electron chi connectivity index (χ4n) is 1.43. The lowest BCUT2D eigenvalue weighted by molar-refractivity contribution is -0.161. The Morgan fingerprint density at radius 3 is 2.40 bits per heavy atom. The Bertz CT molecular complexity index is 226. The van der Waals surface area contributed by atoms with Gasteiger partial charge in [0, 0.05) is 12.6 Å². The average molecular weight is 224 g/mol. The molecular weight excluding hydrogens is 209 g/mol. The second-order valence-corrected chi connectivity index (χ2v) is 3.75. The third-order valence-electron chi connectivity index (χ3n) is 2.26. The maximum Gasteiger partial charge on any atom is 0.397 e. The Kier molecular flexibility index (Phi) is 3.96. The minimum atomic E-state index is -4.41. The number of carbonyl (C=O) groups excluding carboxylic acids is 1. The molecule has 0 bridgehead atoms. The summed E-state index contributed by atoms with van der Waals surface area (Å²) >= 11 is 0. The van der Waals surface area contributed by atoms with Gasteiger partial charge in [-0.1, -0.05) is 0 Å². The first-order chi connectivity index (χ1) is 6.94. The van der Waals surface area contributed by atoms with Gasteiger partial charge in [-0.2, -0.15) is 13.2 Å². The van der Waals surface area contributed by atoms with Crippen LogP contribution in [0.15, 0.2) is 0 Å². The van der Waals surface area contributed by atoms with E-state index in [4.69, 9.17) is 5.73 Å². The van der Waals surface area contributed by atoms with Gasteiger partial charge < -0.3 is 10.6 Å². The van der Waals surface area contributed by atoms with Gasteiger partial charge in [-0.15, -0.1) is 0 Å². The molecule has 1 amide bonds. The summed E-state index contributed by atoms with van der Waals surface area (Å²) in [5, 5.41) is 0. The van der Waals surface area contributed by atoms with E-state index in [0.29, 0.717) is 19.5 Å². The molecule has 0 heterocycles. The summed E-state index contributed by atoms with van der Waals surface area (Å²) in [5.41, 5.74) is 5.26. The largest absolute Gasteiger partial charge is 0.397 e. The minimum absolute atomic E-state index is 0.0198. The molecule has 0 radical (unpaired) electrons. The summed E-state index contributed by atoms with van der Waals surface area (Å²) in [6, 6.07) is 0.0198. The van der Waals surface area contributed by atoms with Crippen molar-refractivity contribution in [3.63, 3.8) is 0 Å². The lowest BCUT2D eigenvalue weighted by Crippen LogP contribution is -2.37. The van der Waals surface area contributed by atoms with E-state index in [1.807, 2.05) is 0 Å². The van der Waals surface area contributed by atoms with Gasteiger partial charge in [0.1, 0.15) is 6.42 Å². The molecule has 0 atom stereocenters. The standard InChI is InChI=1S/C9H15F3N2O/c10-9(11,12)6-8(15)14(5-1-4-13)7-2-3-7/h7H,1-6,13H2. The molecule has 0 saturated heterocycles. The van der Waals surface area contributed by atoms with Crippen LogP contribution < -0.4 is 5.73 Å². The first-order valence-corrected chi connectivity index (χ1v) is 5.00. The maximum absolute atomic E-state index is 12.0. The van der Waals surface area contributed by atoms with Gasteiger partial charge in [-0.05, 0) is 25.8 Å². The Morgan fingerprint density at radius 2 is 2.00 bits per heavy atom. The number of hydrogen-bond acceptors (Lipinski definition) is 2. The van der Waals surface area contributed by atoms with Crippen LogP contribution >= 0.6 is 0 Å². The summed E-state index contributed by atoms with van der Waals surface area (Å²) in [6.07, 6.45) is -3.58. The minimum Gasteiger partial charge on any atom is -0.339 e. The van der Waals surface area contributed by atoms with Crippen LogP contribution in [0.1, 0.15) is 25.7 Å². The van der Waals surface area contributed by atoms with E-state index in [1.165, 1.54) is 4.90 Å². The predicted molar refractivity (Wildman–Crippen MR) is 49.1 cm³/mol. The molecule has 0 aliphatic heterocycles. The highest BCUT2D eigenvalue weighted by Crippen LogP contribution is 2.29. The van der Waals surface area contributed by atoms with Crippen molar-refractivity contribution in [2.75, 3.05) is 13.1 Å². The van der Waals surface area contributed by atoms with Gasteiger partial charge in [-0.25, -0.2) is 0 Å². The average Bonchev–Trinajstić information content (AvgIpc) is 2.85. The summed E-state index contributed by atoms with van der Waals surface area (Å²) < 4.78 is 36.0. The van der Waals surface area contributed by atoms with Crippen LogP contribution in [0.4, 0.5) is 13.2 Å². The molecule has 1 saturated carbocycles. The van der Waals surface area contributed by atoms with E-state index in [1.54, 1.807) is 0 Å². The Morgan fingerprint density at radius 1 is 1.40 bits per heavy atom. The van der Waals surface area contributed by atoms with Crippen molar-refractivity contribution >= 4 is 5.91 Å². The lowest BCUT2D eigenvalue weighted by Gasteiger charge is -2.22. The number of alkyl halides is 3. The van der Waals surface area contributed by atoms with Gasteiger partial charge in [0.15, 0.2) is 0 Å². The monoisotopic (exact) mass is 224 g/mol. The van der Waals surface area contributed by atoms with Crippen LogP contribution in [0, 0.1) is 0 Å². The van der Waals surface area contributed by atoms with E-state index >= 15 is 0 Å². The molecule has 0 aromatic rings. The highest BCUT2D eigenvalue weighted by Gasteiger charge is 2.38. The lowest BCUT2D eigenvalue weighted by atomic mass is 10.3. The van der Waals surface area contributed by atoms with Crippen LogP contribution in [0.25, 0.3) is 0 Å². The molecule has 15 heavy (non-hydrogen) atoms. The maximum atomic E-state index is 12.0. The third-order valence-corrected chi connectivity index (χ3v) is 2.26. The van der Waals surface area contributed by atoms with Crippen LogP contribution in [0.3, 0.4) is 0 Å². The molecule has 1 aliphatic rings. The van der Waals surface area contributed by atoms with Crippen LogP contribution in [0.5, 0.6) is 0 Å². The molecule has 0 unspecified atom stereocenters. The second-order valence-electron chi connectivity index (χ2n) is 3.75. The van der Waals surface area contributed by atoms with Gasteiger partial charge in [0.2, 0.25) is 5.91 Å². The number of hydrogen-bond donors (Lipinski definition) is 1. The van der Waals surface area contributed by atoms with Crippen molar-refractivity contribution in [3.05, 3.63) is 0 Å². The van der Waals surface area contributed by atoms with Crippen molar-refractivity contribution in [2.45, 2.75) is 37.9 Å². The van der Waals surface area contributed by atoms with Crippen LogP contribution in [0.2, 0.25) is 0 Å². The molecule has 1 fully saturated rings. The number of halogens is 3. The molecule has 88 valence electrons. The summed E-state index contributed by atoms with van der Waals surface area (Å²) in [6.45, 7) is 0.735. The Hall–Kier alpha value is -0.780. The molecule has 1 rings (SSSR count).